The molecule has 2 heteroatoms. The lowest BCUT2D eigenvalue weighted by atomic mass is 9.99. The van der Waals surface area contributed by atoms with Gasteiger partial charge in [-0.2, -0.15) is 0 Å². The van der Waals surface area contributed by atoms with Crippen LogP contribution in [0.15, 0.2) is 36.9 Å². The minimum atomic E-state index is 0.434. The summed E-state index contributed by atoms with van der Waals surface area (Å²) in [5.41, 5.74) is 5.70. The Hall–Kier alpha value is -1.12. The van der Waals surface area contributed by atoms with Crippen LogP contribution in [0.2, 0.25) is 0 Å². The van der Waals surface area contributed by atoms with Crippen LogP contribution >= 0.6 is 0 Å². The second-order valence-electron chi connectivity index (χ2n) is 5.32. The first-order valence-corrected chi connectivity index (χ1v) is 7.39. The largest absolute Gasteiger partial charge is 0.271 e. The van der Waals surface area contributed by atoms with Crippen molar-refractivity contribution in [3.05, 3.63) is 48.0 Å². The summed E-state index contributed by atoms with van der Waals surface area (Å²) in [5, 5.41) is 0. The van der Waals surface area contributed by atoms with Crippen molar-refractivity contribution in [2.45, 2.75) is 57.9 Å². The van der Waals surface area contributed by atoms with E-state index in [-0.39, 0.29) is 0 Å². The summed E-state index contributed by atoms with van der Waals surface area (Å²) < 4.78 is 0. The van der Waals surface area contributed by atoms with Crippen molar-refractivity contribution in [1.29, 1.82) is 0 Å². The summed E-state index contributed by atoms with van der Waals surface area (Å²) in [6.07, 6.45) is 10.3. The summed E-state index contributed by atoms with van der Waals surface area (Å²) in [5.74, 6) is 5.64. The van der Waals surface area contributed by atoms with Gasteiger partial charge in [0.25, 0.3) is 0 Å². The fourth-order valence-electron chi connectivity index (χ4n) is 2.38. The first-order chi connectivity index (χ1) is 9.26. The molecule has 0 bridgehead atoms. The standard InChI is InChI=1S/C17H28N2/c1-3-4-5-6-7-11-17(19-18)13-12-16-10-8-9-15(2)14-16/h3,8-10,14,17,19H,1,4-7,11-13,18H2,2H3. The minimum absolute atomic E-state index is 0.434. The average molecular weight is 260 g/mol. The van der Waals surface area contributed by atoms with Crippen molar-refractivity contribution in [3.63, 3.8) is 0 Å². The Kier molecular flexibility index (Phi) is 8.19. The van der Waals surface area contributed by atoms with Crippen molar-refractivity contribution >= 4 is 0 Å². The van der Waals surface area contributed by atoms with Gasteiger partial charge in [0.05, 0.1) is 0 Å². The third-order valence-electron chi connectivity index (χ3n) is 3.56. The SMILES string of the molecule is C=CCCCCCC(CCc1cccc(C)c1)NN. The topological polar surface area (TPSA) is 38.0 Å². The smallest absolute Gasteiger partial charge is 0.0213 e. The molecule has 0 saturated carbocycles. The molecular formula is C17H28N2. The maximum atomic E-state index is 5.64. The molecule has 1 unspecified atom stereocenters. The van der Waals surface area contributed by atoms with E-state index in [9.17, 15) is 0 Å². The zero-order valence-corrected chi connectivity index (χ0v) is 12.2. The zero-order valence-electron chi connectivity index (χ0n) is 12.2. The van der Waals surface area contributed by atoms with Crippen LogP contribution in [-0.4, -0.2) is 6.04 Å². The second-order valence-corrected chi connectivity index (χ2v) is 5.32. The van der Waals surface area contributed by atoms with E-state index in [1.165, 1.54) is 36.8 Å². The van der Waals surface area contributed by atoms with Gasteiger partial charge >= 0.3 is 0 Å². The van der Waals surface area contributed by atoms with E-state index in [1.807, 2.05) is 6.08 Å². The minimum Gasteiger partial charge on any atom is -0.271 e. The van der Waals surface area contributed by atoms with Gasteiger partial charge in [0.1, 0.15) is 0 Å². The van der Waals surface area contributed by atoms with Gasteiger partial charge in [0.2, 0.25) is 0 Å². The van der Waals surface area contributed by atoms with Gasteiger partial charge in [-0.15, -0.1) is 6.58 Å². The molecule has 0 aromatic heterocycles. The van der Waals surface area contributed by atoms with Gasteiger partial charge < -0.3 is 0 Å². The summed E-state index contributed by atoms with van der Waals surface area (Å²) in [7, 11) is 0. The lowest BCUT2D eigenvalue weighted by molar-refractivity contribution is 0.442. The van der Waals surface area contributed by atoms with Gasteiger partial charge in [-0.3, -0.25) is 11.3 Å². The maximum Gasteiger partial charge on any atom is 0.0213 e. The first kappa shape index (κ1) is 15.9. The molecule has 0 aliphatic rings. The molecule has 0 radical (unpaired) electrons. The molecule has 106 valence electrons. The molecule has 1 aromatic carbocycles. The van der Waals surface area contributed by atoms with Crippen LogP contribution < -0.4 is 11.3 Å². The molecule has 1 atom stereocenters. The van der Waals surface area contributed by atoms with E-state index in [0.29, 0.717) is 6.04 Å². The van der Waals surface area contributed by atoms with Crippen molar-refractivity contribution < 1.29 is 0 Å². The van der Waals surface area contributed by atoms with Crippen LogP contribution in [0.4, 0.5) is 0 Å². The molecule has 0 spiro atoms. The Bertz CT molecular complexity index is 360. The number of hydrazine groups is 1. The highest BCUT2D eigenvalue weighted by Gasteiger charge is 2.06. The molecule has 19 heavy (non-hydrogen) atoms. The van der Waals surface area contributed by atoms with E-state index in [0.717, 1.165) is 19.3 Å². The molecular weight excluding hydrogens is 232 g/mol. The monoisotopic (exact) mass is 260 g/mol. The highest BCUT2D eigenvalue weighted by atomic mass is 15.2. The van der Waals surface area contributed by atoms with Gasteiger partial charge in [0, 0.05) is 6.04 Å². The number of nitrogens with two attached hydrogens (primary N) is 1. The number of hydrogen-bond donors (Lipinski definition) is 2. The van der Waals surface area contributed by atoms with Crippen LogP contribution in [0, 0.1) is 6.92 Å². The Labute approximate surface area is 118 Å². The highest BCUT2D eigenvalue weighted by molar-refractivity contribution is 5.22. The molecule has 0 aliphatic carbocycles. The Balaban J connectivity index is 2.22. The molecule has 0 amide bonds. The number of aryl methyl sites for hydroxylation is 2. The van der Waals surface area contributed by atoms with Crippen molar-refractivity contribution in [2.24, 2.45) is 5.84 Å². The Morgan fingerprint density at radius 3 is 2.79 bits per heavy atom. The lowest BCUT2D eigenvalue weighted by Crippen LogP contribution is -2.35. The van der Waals surface area contributed by atoms with Crippen LogP contribution in [-0.2, 0) is 6.42 Å². The molecule has 0 aliphatic heterocycles. The quantitative estimate of drug-likeness (QED) is 0.290. The van der Waals surface area contributed by atoms with Crippen LogP contribution in [0.25, 0.3) is 0 Å². The first-order valence-electron chi connectivity index (χ1n) is 7.39. The predicted molar refractivity (Wildman–Crippen MR) is 83.9 cm³/mol. The van der Waals surface area contributed by atoms with E-state index in [2.05, 4.69) is 43.2 Å². The number of hydrogen-bond acceptors (Lipinski definition) is 2. The van der Waals surface area contributed by atoms with Crippen LogP contribution in [0.5, 0.6) is 0 Å². The van der Waals surface area contributed by atoms with Crippen molar-refractivity contribution in [1.82, 2.24) is 5.43 Å². The maximum absolute atomic E-state index is 5.64. The highest BCUT2D eigenvalue weighted by Crippen LogP contribution is 2.12. The fourth-order valence-corrected chi connectivity index (χ4v) is 2.38. The Morgan fingerprint density at radius 1 is 1.26 bits per heavy atom. The predicted octanol–water partition coefficient (Wildman–Crippen LogP) is 3.90. The molecule has 0 heterocycles. The molecule has 0 saturated heterocycles. The van der Waals surface area contributed by atoms with Crippen LogP contribution in [0.1, 0.15) is 49.7 Å². The molecule has 3 N–H and O–H groups in total. The average Bonchev–Trinajstić information content (AvgIpc) is 2.42. The van der Waals surface area contributed by atoms with Crippen molar-refractivity contribution in [3.8, 4) is 0 Å². The van der Waals surface area contributed by atoms with Gasteiger partial charge in [0.15, 0.2) is 0 Å². The van der Waals surface area contributed by atoms with Gasteiger partial charge in [-0.25, -0.2) is 0 Å². The normalized spacial score (nSPS) is 12.3. The van der Waals surface area contributed by atoms with Gasteiger partial charge in [-0.1, -0.05) is 48.7 Å². The third-order valence-corrected chi connectivity index (χ3v) is 3.56. The third kappa shape index (κ3) is 7.14. The number of benzene rings is 1. The molecule has 2 nitrogen and oxygen atoms in total. The number of rotatable bonds is 10. The summed E-state index contributed by atoms with van der Waals surface area (Å²) in [6, 6.07) is 9.17. The van der Waals surface area contributed by atoms with Crippen LogP contribution in [0.3, 0.4) is 0 Å². The molecule has 0 fully saturated rings. The summed E-state index contributed by atoms with van der Waals surface area (Å²) in [6.45, 7) is 5.89. The fraction of sp³-hybridized carbons (Fsp3) is 0.529. The zero-order chi connectivity index (χ0) is 13.9. The lowest BCUT2D eigenvalue weighted by Gasteiger charge is -2.15. The van der Waals surface area contributed by atoms with E-state index in [4.69, 9.17) is 5.84 Å². The van der Waals surface area contributed by atoms with E-state index >= 15 is 0 Å². The Morgan fingerprint density at radius 2 is 2.11 bits per heavy atom. The van der Waals surface area contributed by atoms with E-state index < -0.39 is 0 Å². The molecule has 1 aromatic rings. The van der Waals surface area contributed by atoms with Gasteiger partial charge in [-0.05, 0) is 44.6 Å². The summed E-state index contributed by atoms with van der Waals surface area (Å²) in [4.78, 5) is 0. The summed E-state index contributed by atoms with van der Waals surface area (Å²) >= 11 is 0. The van der Waals surface area contributed by atoms with E-state index in [1.54, 1.807) is 0 Å². The number of allylic oxidation sites excluding steroid dienone is 1. The number of nitrogens with one attached hydrogen (secondary N) is 1. The second kappa shape index (κ2) is 9.76. The van der Waals surface area contributed by atoms with Crippen molar-refractivity contribution in [2.75, 3.05) is 0 Å². The number of unbranched alkanes of at least 4 members (excludes halogenated alkanes) is 3. The molecule has 1 rings (SSSR count).